The fourth-order valence-electron chi connectivity index (χ4n) is 3.38. The van der Waals surface area contributed by atoms with Gasteiger partial charge in [0.2, 0.25) is 0 Å². The molecule has 1 amide bonds. The first kappa shape index (κ1) is 30.9. The molecular weight excluding hydrogens is 532 g/mol. The van der Waals surface area contributed by atoms with Crippen molar-refractivity contribution in [3.05, 3.63) is 106 Å². The number of rotatable bonds is 6. The van der Waals surface area contributed by atoms with Crippen molar-refractivity contribution < 1.29 is 50.6 Å². The maximum Gasteiger partial charge on any atom is 0.417 e. The second kappa shape index (κ2) is 12.9. The predicted octanol–water partition coefficient (Wildman–Crippen LogP) is 5.93. The molecule has 0 aliphatic heterocycles. The van der Waals surface area contributed by atoms with Crippen LogP contribution in [-0.4, -0.2) is 36.1 Å². The van der Waals surface area contributed by atoms with Crippen LogP contribution in [0.1, 0.15) is 43.0 Å². The van der Waals surface area contributed by atoms with Gasteiger partial charge in [-0.1, -0.05) is 54.1 Å². The zero-order chi connectivity index (χ0) is 29.4. The Hall–Kier alpha value is -4.35. The van der Waals surface area contributed by atoms with Gasteiger partial charge >= 0.3 is 24.3 Å². The van der Waals surface area contributed by atoms with E-state index in [0.29, 0.717) is 0 Å². The monoisotopic (exact) mass is 555 g/mol. The van der Waals surface area contributed by atoms with E-state index in [1.54, 1.807) is 12.1 Å². The number of hydrogen-bond acceptors (Lipinski definition) is 4. The highest BCUT2D eigenvalue weighted by molar-refractivity contribution is 5.98. The van der Waals surface area contributed by atoms with Gasteiger partial charge in [-0.25, -0.2) is 9.59 Å². The van der Waals surface area contributed by atoms with Gasteiger partial charge in [-0.3, -0.25) is 4.79 Å². The van der Waals surface area contributed by atoms with E-state index in [1.165, 1.54) is 18.2 Å². The Morgan fingerprint density at radius 3 is 1.69 bits per heavy atom. The van der Waals surface area contributed by atoms with Crippen molar-refractivity contribution in [1.82, 2.24) is 5.32 Å². The number of alkyl halides is 6. The summed E-state index contributed by atoms with van der Waals surface area (Å²) in [7, 11) is 1.15. The lowest BCUT2D eigenvalue weighted by Crippen LogP contribution is -2.43. The van der Waals surface area contributed by atoms with Crippen LogP contribution in [0, 0.1) is 6.92 Å². The minimum atomic E-state index is -4.67. The Balaban J connectivity index is 0.000000344. The van der Waals surface area contributed by atoms with Crippen molar-refractivity contribution in [2.75, 3.05) is 7.11 Å². The summed E-state index contributed by atoms with van der Waals surface area (Å²) in [5.74, 6) is -3.29. The number of methoxy groups -OCH3 is 1. The second-order valence-corrected chi connectivity index (χ2v) is 8.13. The van der Waals surface area contributed by atoms with Crippen molar-refractivity contribution in [3.63, 3.8) is 0 Å². The van der Waals surface area contributed by atoms with Crippen LogP contribution in [0.25, 0.3) is 0 Å². The van der Waals surface area contributed by atoms with E-state index >= 15 is 0 Å². The van der Waals surface area contributed by atoms with E-state index in [0.717, 1.165) is 48.6 Å². The minimum absolute atomic E-state index is 0.104. The van der Waals surface area contributed by atoms with Gasteiger partial charge in [0.15, 0.2) is 0 Å². The smallest absolute Gasteiger partial charge is 0.417 e. The summed E-state index contributed by atoms with van der Waals surface area (Å²) in [6, 6.07) is 14.6. The van der Waals surface area contributed by atoms with Crippen LogP contribution in [0.3, 0.4) is 0 Å². The van der Waals surface area contributed by atoms with Crippen molar-refractivity contribution >= 4 is 17.8 Å². The van der Waals surface area contributed by atoms with Crippen LogP contribution in [-0.2, 0) is 28.3 Å². The molecule has 0 radical (unpaired) electrons. The number of carbonyl (C=O) groups is 3. The molecule has 0 saturated carbocycles. The minimum Gasteiger partial charge on any atom is -0.478 e. The first-order valence-corrected chi connectivity index (χ1v) is 11.1. The summed E-state index contributed by atoms with van der Waals surface area (Å²) in [6.45, 7) is 1.90. The SMILES string of the molecule is COC(=O)C(Cc1ccc(C)cc1)NC(=O)c1ccccc1C(F)(F)F.O=C(O)c1ccccc1C(F)(F)F. The summed E-state index contributed by atoms with van der Waals surface area (Å²) in [6.07, 6.45) is -9.19. The van der Waals surface area contributed by atoms with Gasteiger partial charge in [-0.2, -0.15) is 26.3 Å². The molecule has 39 heavy (non-hydrogen) atoms. The number of aryl methyl sites for hydroxylation is 1. The number of esters is 1. The molecule has 0 spiro atoms. The Morgan fingerprint density at radius 1 is 0.795 bits per heavy atom. The molecular formula is C27H23F6NO5. The summed E-state index contributed by atoms with van der Waals surface area (Å²) in [5.41, 5.74) is -1.69. The van der Waals surface area contributed by atoms with Gasteiger partial charge in [-0.15, -0.1) is 0 Å². The maximum atomic E-state index is 13.1. The first-order chi connectivity index (χ1) is 18.1. The number of amides is 1. The third-order valence-corrected chi connectivity index (χ3v) is 5.29. The van der Waals surface area contributed by atoms with Crippen LogP contribution < -0.4 is 5.32 Å². The molecule has 208 valence electrons. The third-order valence-electron chi connectivity index (χ3n) is 5.29. The zero-order valence-corrected chi connectivity index (χ0v) is 20.6. The average Bonchev–Trinajstić information content (AvgIpc) is 2.88. The number of halogens is 6. The van der Waals surface area contributed by atoms with Gasteiger partial charge in [0.25, 0.3) is 5.91 Å². The fraction of sp³-hybridized carbons (Fsp3) is 0.222. The highest BCUT2D eigenvalue weighted by Gasteiger charge is 2.36. The van der Waals surface area contributed by atoms with E-state index < -0.39 is 58.5 Å². The molecule has 3 aromatic carbocycles. The number of benzene rings is 3. The number of carbonyl (C=O) groups excluding carboxylic acids is 2. The molecule has 0 aliphatic carbocycles. The highest BCUT2D eigenvalue weighted by atomic mass is 19.4. The summed E-state index contributed by atoms with van der Waals surface area (Å²) in [4.78, 5) is 34.7. The molecule has 3 rings (SSSR count). The number of aromatic carboxylic acids is 1. The van der Waals surface area contributed by atoms with Gasteiger partial charge in [0, 0.05) is 6.42 Å². The van der Waals surface area contributed by atoms with Crippen molar-refractivity contribution in [1.29, 1.82) is 0 Å². The van der Waals surface area contributed by atoms with Crippen molar-refractivity contribution in [3.8, 4) is 0 Å². The van der Waals surface area contributed by atoms with E-state index in [-0.39, 0.29) is 6.42 Å². The van der Waals surface area contributed by atoms with E-state index in [4.69, 9.17) is 5.11 Å². The maximum absolute atomic E-state index is 13.1. The molecule has 12 heteroatoms. The zero-order valence-electron chi connectivity index (χ0n) is 20.6. The molecule has 6 nitrogen and oxygen atoms in total. The summed E-state index contributed by atoms with van der Waals surface area (Å²) >= 11 is 0. The molecule has 2 N–H and O–H groups in total. The van der Waals surface area contributed by atoms with Gasteiger partial charge in [-0.05, 0) is 36.8 Å². The average molecular weight is 555 g/mol. The molecule has 1 atom stereocenters. The molecule has 0 saturated heterocycles. The van der Waals surface area contributed by atoms with Crippen molar-refractivity contribution in [2.45, 2.75) is 31.7 Å². The Bertz CT molecular complexity index is 1300. The van der Waals surface area contributed by atoms with Crippen molar-refractivity contribution in [2.24, 2.45) is 0 Å². The van der Waals surface area contributed by atoms with Crippen LogP contribution in [0.15, 0.2) is 72.8 Å². The van der Waals surface area contributed by atoms with Crippen LogP contribution in [0.5, 0.6) is 0 Å². The largest absolute Gasteiger partial charge is 0.478 e. The summed E-state index contributed by atoms with van der Waals surface area (Å²) in [5, 5.41) is 10.8. The molecule has 0 fully saturated rings. The quantitative estimate of drug-likeness (QED) is 0.291. The molecule has 1 unspecified atom stereocenters. The van der Waals surface area contributed by atoms with Gasteiger partial charge in [0.1, 0.15) is 6.04 Å². The molecule has 0 aromatic heterocycles. The first-order valence-electron chi connectivity index (χ1n) is 11.1. The number of hydrogen-bond donors (Lipinski definition) is 2. The van der Waals surface area contributed by atoms with Crippen LogP contribution >= 0.6 is 0 Å². The van der Waals surface area contributed by atoms with E-state index in [9.17, 15) is 40.7 Å². The number of carboxylic acids is 1. The van der Waals surface area contributed by atoms with Crippen LogP contribution in [0.2, 0.25) is 0 Å². The lowest BCUT2D eigenvalue weighted by atomic mass is 10.0. The Morgan fingerprint density at radius 2 is 1.26 bits per heavy atom. The fourth-order valence-corrected chi connectivity index (χ4v) is 3.38. The lowest BCUT2D eigenvalue weighted by Gasteiger charge is -2.18. The van der Waals surface area contributed by atoms with Gasteiger partial charge in [0.05, 0.1) is 29.4 Å². The van der Waals surface area contributed by atoms with E-state index in [2.05, 4.69) is 10.1 Å². The third kappa shape index (κ3) is 8.87. The van der Waals surface area contributed by atoms with E-state index in [1.807, 2.05) is 19.1 Å². The lowest BCUT2D eigenvalue weighted by molar-refractivity contribution is -0.143. The number of nitrogens with one attached hydrogen (secondary N) is 1. The molecule has 0 bridgehead atoms. The Kier molecular flexibility index (Phi) is 10.2. The highest BCUT2D eigenvalue weighted by Crippen LogP contribution is 2.32. The number of carboxylic acid groups (broad SMARTS) is 1. The number of ether oxygens (including phenoxy) is 1. The standard InChI is InChI=1S/C19H18F3NO3.C8H5F3O2/c1-12-7-9-13(10-8-12)11-16(18(25)26-2)23-17(24)14-5-3-4-6-15(14)19(20,21)22;9-8(10,11)6-4-2-1-3-5(6)7(12)13/h3-10,16H,11H2,1-2H3,(H,23,24);1-4H,(H,12,13). The molecule has 0 heterocycles. The molecule has 3 aromatic rings. The topological polar surface area (TPSA) is 92.7 Å². The van der Waals surface area contributed by atoms with Crippen LogP contribution in [0.4, 0.5) is 26.3 Å². The predicted molar refractivity (Wildman–Crippen MR) is 128 cm³/mol. The second-order valence-electron chi connectivity index (χ2n) is 8.13. The normalized spacial score (nSPS) is 12.0. The summed E-state index contributed by atoms with van der Waals surface area (Å²) < 4.78 is 80.4. The molecule has 0 aliphatic rings. The van der Waals surface area contributed by atoms with Gasteiger partial charge < -0.3 is 15.2 Å². The Labute approximate surface area is 219 Å².